The van der Waals surface area contributed by atoms with E-state index in [1.807, 2.05) is 42.5 Å². The Balaban J connectivity index is 1.36. The van der Waals surface area contributed by atoms with Crippen LogP contribution in [0.1, 0.15) is 11.1 Å². The summed E-state index contributed by atoms with van der Waals surface area (Å²) in [5.74, 6) is 2.38. The summed E-state index contributed by atoms with van der Waals surface area (Å²) in [7, 11) is 1.65. The molecule has 0 saturated heterocycles. The van der Waals surface area contributed by atoms with Crippen molar-refractivity contribution >= 4 is 6.03 Å². The third kappa shape index (κ3) is 5.05. The minimum Gasteiger partial charge on any atom is -0.497 e. The van der Waals surface area contributed by atoms with Crippen LogP contribution in [0.25, 0.3) is 0 Å². The van der Waals surface area contributed by atoms with Crippen LogP contribution in [0.5, 0.6) is 17.2 Å². The standard InChI is InChI=1S/C20H24N2O4/c1-24-17-4-2-3-15(13-17)7-9-21-20(23)22-10-8-16-5-6-18-19(14-16)26-12-11-25-18/h2-6,13-14H,7-12H2,1H3,(H2,21,22,23). The van der Waals surface area contributed by atoms with Crippen LogP contribution in [0.2, 0.25) is 0 Å². The third-order valence-corrected chi connectivity index (χ3v) is 4.14. The number of nitrogens with one attached hydrogen (secondary N) is 2. The first-order valence-electron chi connectivity index (χ1n) is 8.78. The first-order valence-corrected chi connectivity index (χ1v) is 8.78. The zero-order chi connectivity index (χ0) is 18.2. The predicted octanol–water partition coefficient (Wildman–Crippen LogP) is 2.55. The van der Waals surface area contributed by atoms with Crippen LogP contribution in [0.3, 0.4) is 0 Å². The SMILES string of the molecule is COc1cccc(CCNC(=O)NCCc2ccc3c(c2)OCCO3)c1. The lowest BCUT2D eigenvalue weighted by Crippen LogP contribution is -2.37. The molecular formula is C20H24N2O4. The third-order valence-electron chi connectivity index (χ3n) is 4.14. The molecule has 2 aromatic carbocycles. The lowest BCUT2D eigenvalue weighted by atomic mass is 10.1. The number of methoxy groups -OCH3 is 1. The van der Waals surface area contributed by atoms with E-state index in [-0.39, 0.29) is 6.03 Å². The Bertz CT molecular complexity index is 748. The van der Waals surface area contributed by atoms with Gasteiger partial charge >= 0.3 is 6.03 Å². The highest BCUT2D eigenvalue weighted by atomic mass is 16.6. The lowest BCUT2D eigenvalue weighted by molar-refractivity contribution is 0.171. The second-order valence-corrected chi connectivity index (χ2v) is 6.01. The minimum atomic E-state index is -0.162. The molecule has 0 unspecified atom stereocenters. The van der Waals surface area contributed by atoms with Gasteiger partial charge < -0.3 is 24.8 Å². The zero-order valence-corrected chi connectivity index (χ0v) is 14.9. The van der Waals surface area contributed by atoms with E-state index in [2.05, 4.69) is 10.6 Å². The van der Waals surface area contributed by atoms with Crippen molar-refractivity contribution in [2.75, 3.05) is 33.4 Å². The molecule has 6 heteroatoms. The van der Waals surface area contributed by atoms with Crippen LogP contribution in [-0.4, -0.2) is 39.4 Å². The lowest BCUT2D eigenvalue weighted by Gasteiger charge is -2.18. The summed E-state index contributed by atoms with van der Waals surface area (Å²) in [6.07, 6.45) is 1.49. The van der Waals surface area contributed by atoms with Gasteiger partial charge in [-0.25, -0.2) is 4.79 Å². The Hall–Kier alpha value is -2.89. The van der Waals surface area contributed by atoms with E-state index < -0.39 is 0 Å². The molecule has 1 aliphatic rings. The quantitative estimate of drug-likeness (QED) is 0.800. The molecule has 2 aromatic rings. The van der Waals surface area contributed by atoms with E-state index in [1.54, 1.807) is 7.11 Å². The van der Waals surface area contributed by atoms with Crippen LogP contribution in [0, 0.1) is 0 Å². The number of ether oxygens (including phenoxy) is 3. The molecule has 2 amide bonds. The van der Waals surface area contributed by atoms with Gasteiger partial charge in [-0.1, -0.05) is 18.2 Å². The molecule has 0 saturated carbocycles. The molecular weight excluding hydrogens is 332 g/mol. The second kappa shape index (κ2) is 8.99. The number of carbonyl (C=O) groups is 1. The topological polar surface area (TPSA) is 68.8 Å². The van der Waals surface area contributed by atoms with Gasteiger partial charge in [0.2, 0.25) is 0 Å². The highest BCUT2D eigenvalue weighted by Crippen LogP contribution is 2.30. The fourth-order valence-electron chi connectivity index (χ4n) is 2.77. The van der Waals surface area contributed by atoms with Crippen molar-refractivity contribution in [2.45, 2.75) is 12.8 Å². The van der Waals surface area contributed by atoms with Gasteiger partial charge in [-0.2, -0.15) is 0 Å². The van der Waals surface area contributed by atoms with E-state index in [0.717, 1.165) is 41.2 Å². The first kappa shape index (κ1) is 17.9. The van der Waals surface area contributed by atoms with Crippen molar-refractivity contribution in [2.24, 2.45) is 0 Å². The Labute approximate surface area is 153 Å². The monoisotopic (exact) mass is 356 g/mol. The van der Waals surface area contributed by atoms with Gasteiger partial charge in [0, 0.05) is 13.1 Å². The van der Waals surface area contributed by atoms with Gasteiger partial charge in [0.15, 0.2) is 11.5 Å². The number of hydrogen-bond donors (Lipinski definition) is 2. The number of carbonyl (C=O) groups excluding carboxylic acids is 1. The summed E-state index contributed by atoms with van der Waals surface area (Å²) in [4.78, 5) is 11.9. The molecule has 0 radical (unpaired) electrons. The maximum atomic E-state index is 11.9. The predicted molar refractivity (Wildman–Crippen MR) is 99.2 cm³/mol. The summed E-state index contributed by atoms with van der Waals surface area (Å²) in [6.45, 7) is 2.29. The maximum absolute atomic E-state index is 11.9. The largest absolute Gasteiger partial charge is 0.497 e. The summed E-state index contributed by atoms with van der Waals surface area (Å²) in [5.41, 5.74) is 2.23. The summed E-state index contributed by atoms with van der Waals surface area (Å²) >= 11 is 0. The Morgan fingerprint density at radius 1 is 0.962 bits per heavy atom. The molecule has 1 heterocycles. The summed E-state index contributed by atoms with van der Waals surface area (Å²) in [6, 6.07) is 13.6. The highest BCUT2D eigenvalue weighted by Gasteiger charge is 2.11. The van der Waals surface area contributed by atoms with Gasteiger partial charge in [0.1, 0.15) is 19.0 Å². The van der Waals surface area contributed by atoms with E-state index in [4.69, 9.17) is 14.2 Å². The van der Waals surface area contributed by atoms with E-state index >= 15 is 0 Å². The van der Waals surface area contributed by atoms with Crippen molar-refractivity contribution in [3.8, 4) is 17.2 Å². The van der Waals surface area contributed by atoms with Crippen molar-refractivity contribution in [1.29, 1.82) is 0 Å². The van der Waals surface area contributed by atoms with Crippen LogP contribution in [-0.2, 0) is 12.8 Å². The van der Waals surface area contributed by atoms with Crippen LogP contribution < -0.4 is 24.8 Å². The maximum Gasteiger partial charge on any atom is 0.314 e. The molecule has 2 N–H and O–H groups in total. The van der Waals surface area contributed by atoms with Crippen molar-refractivity contribution in [1.82, 2.24) is 10.6 Å². The van der Waals surface area contributed by atoms with Gasteiger partial charge in [0.25, 0.3) is 0 Å². The fourth-order valence-corrected chi connectivity index (χ4v) is 2.77. The van der Waals surface area contributed by atoms with Crippen molar-refractivity contribution in [3.05, 3.63) is 53.6 Å². The van der Waals surface area contributed by atoms with Crippen LogP contribution >= 0.6 is 0 Å². The van der Waals surface area contributed by atoms with Gasteiger partial charge in [-0.3, -0.25) is 0 Å². The average Bonchev–Trinajstić information content (AvgIpc) is 2.68. The van der Waals surface area contributed by atoms with Crippen LogP contribution in [0.15, 0.2) is 42.5 Å². The van der Waals surface area contributed by atoms with Crippen LogP contribution in [0.4, 0.5) is 4.79 Å². The van der Waals surface area contributed by atoms with E-state index in [0.29, 0.717) is 26.3 Å². The molecule has 26 heavy (non-hydrogen) atoms. The van der Waals surface area contributed by atoms with E-state index in [9.17, 15) is 4.79 Å². The highest BCUT2D eigenvalue weighted by molar-refractivity contribution is 5.73. The van der Waals surface area contributed by atoms with E-state index in [1.165, 1.54) is 0 Å². The molecule has 1 aliphatic heterocycles. The Kier molecular flexibility index (Phi) is 6.19. The summed E-state index contributed by atoms with van der Waals surface area (Å²) < 4.78 is 16.3. The number of amides is 2. The number of benzene rings is 2. The number of rotatable bonds is 7. The molecule has 0 bridgehead atoms. The molecule has 3 rings (SSSR count). The van der Waals surface area contributed by atoms with Crippen molar-refractivity contribution < 1.29 is 19.0 Å². The van der Waals surface area contributed by atoms with Crippen molar-refractivity contribution in [3.63, 3.8) is 0 Å². The molecule has 0 fully saturated rings. The molecule has 0 aromatic heterocycles. The summed E-state index contributed by atoms with van der Waals surface area (Å²) in [5, 5.41) is 5.74. The fraction of sp³-hybridized carbons (Fsp3) is 0.350. The zero-order valence-electron chi connectivity index (χ0n) is 14.9. The minimum absolute atomic E-state index is 0.162. The molecule has 0 spiro atoms. The van der Waals surface area contributed by atoms with Gasteiger partial charge in [-0.05, 0) is 48.2 Å². The molecule has 0 atom stereocenters. The molecule has 138 valence electrons. The number of fused-ring (bicyclic) bond motifs is 1. The number of hydrogen-bond acceptors (Lipinski definition) is 4. The van der Waals surface area contributed by atoms with Gasteiger partial charge in [-0.15, -0.1) is 0 Å². The second-order valence-electron chi connectivity index (χ2n) is 6.01. The van der Waals surface area contributed by atoms with Gasteiger partial charge in [0.05, 0.1) is 7.11 Å². The first-order chi connectivity index (χ1) is 12.7. The average molecular weight is 356 g/mol. The molecule has 0 aliphatic carbocycles. The molecule has 6 nitrogen and oxygen atoms in total. The number of urea groups is 1. The Morgan fingerprint density at radius 3 is 2.38 bits per heavy atom. The Morgan fingerprint density at radius 2 is 1.65 bits per heavy atom. The normalized spacial score (nSPS) is 12.3. The smallest absolute Gasteiger partial charge is 0.314 e.